The zero-order valence-electron chi connectivity index (χ0n) is 21.0. The Bertz CT molecular complexity index is 1040. The monoisotopic (exact) mass is 543 g/mol. The number of anilines is 1. The number of hydrogen-bond donors (Lipinski definition) is 1. The van der Waals surface area contributed by atoms with Crippen LogP contribution in [-0.4, -0.2) is 43.5 Å². The second kappa shape index (κ2) is 12.5. The van der Waals surface area contributed by atoms with Crippen molar-refractivity contribution in [3.63, 3.8) is 0 Å². The van der Waals surface area contributed by atoms with Gasteiger partial charge in [-0.25, -0.2) is 0 Å². The standard InChI is InChI=1S/C27H34Cl2F3N3O/c1-4-33-24(15-18(2)3)22-16-20(27(30,31)32)7-9-25(22)34-11-13-35(14-12-34)26(36)10-6-19-5-8-21(28)17-23(19)29/h5,7-9,16-18,24,33H,4,6,10-15H2,1-3H3. The molecule has 0 aromatic heterocycles. The van der Waals surface area contributed by atoms with Crippen LogP contribution in [0.5, 0.6) is 0 Å². The van der Waals surface area contributed by atoms with Gasteiger partial charge in [-0.3, -0.25) is 4.79 Å². The summed E-state index contributed by atoms with van der Waals surface area (Å²) in [6.07, 6.45) is -2.81. The number of benzene rings is 2. The summed E-state index contributed by atoms with van der Waals surface area (Å²) in [6.45, 7) is 8.92. The Hall–Kier alpha value is -1.96. The van der Waals surface area contributed by atoms with Gasteiger partial charge in [0.25, 0.3) is 0 Å². The lowest BCUT2D eigenvalue weighted by Gasteiger charge is -2.38. The summed E-state index contributed by atoms with van der Waals surface area (Å²) < 4.78 is 40.6. The first-order valence-corrected chi connectivity index (χ1v) is 13.2. The number of carbonyl (C=O) groups is 1. The first kappa shape index (κ1) is 28.6. The van der Waals surface area contributed by atoms with E-state index in [1.807, 2.05) is 17.9 Å². The van der Waals surface area contributed by atoms with Crippen LogP contribution < -0.4 is 10.2 Å². The molecule has 1 aliphatic rings. The number of carbonyl (C=O) groups excluding carboxylic acids is 1. The molecule has 4 nitrogen and oxygen atoms in total. The average molecular weight is 544 g/mol. The number of amides is 1. The molecule has 36 heavy (non-hydrogen) atoms. The Morgan fingerprint density at radius 2 is 1.75 bits per heavy atom. The maximum absolute atomic E-state index is 13.5. The van der Waals surface area contributed by atoms with E-state index in [4.69, 9.17) is 23.2 Å². The van der Waals surface area contributed by atoms with E-state index in [1.165, 1.54) is 6.07 Å². The number of alkyl halides is 3. The van der Waals surface area contributed by atoms with Crippen molar-refractivity contribution in [2.75, 3.05) is 37.6 Å². The van der Waals surface area contributed by atoms with Crippen LogP contribution in [0.1, 0.15) is 56.3 Å². The van der Waals surface area contributed by atoms with Crippen LogP contribution in [0, 0.1) is 5.92 Å². The lowest BCUT2D eigenvalue weighted by atomic mass is 9.93. The third-order valence-electron chi connectivity index (χ3n) is 6.48. The maximum atomic E-state index is 13.5. The molecule has 0 saturated carbocycles. The third kappa shape index (κ3) is 7.53. The molecule has 0 radical (unpaired) electrons. The van der Waals surface area contributed by atoms with Gasteiger partial charge in [-0.2, -0.15) is 13.2 Å². The molecule has 1 aliphatic heterocycles. The number of aryl methyl sites for hydroxylation is 1. The number of piperazine rings is 1. The fourth-order valence-electron chi connectivity index (χ4n) is 4.66. The SMILES string of the molecule is CCNC(CC(C)C)c1cc(C(F)(F)F)ccc1N1CCN(C(=O)CCc2ccc(Cl)cc2Cl)CC1. The Balaban J connectivity index is 1.72. The molecule has 3 rings (SSSR count). The summed E-state index contributed by atoms with van der Waals surface area (Å²) in [5, 5.41) is 4.48. The van der Waals surface area contributed by atoms with E-state index in [1.54, 1.807) is 18.2 Å². The highest BCUT2D eigenvalue weighted by atomic mass is 35.5. The van der Waals surface area contributed by atoms with E-state index in [2.05, 4.69) is 24.1 Å². The molecule has 1 saturated heterocycles. The Kier molecular flexibility index (Phi) is 9.95. The van der Waals surface area contributed by atoms with E-state index < -0.39 is 11.7 Å². The molecule has 1 amide bonds. The van der Waals surface area contributed by atoms with Crippen LogP contribution >= 0.6 is 23.2 Å². The largest absolute Gasteiger partial charge is 0.416 e. The van der Waals surface area contributed by atoms with Crippen molar-refractivity contribution in [2.45, 2.75) is 52.3 Å². The van der Waals surface area contributed by atoms with Gasteiger partial charge in [-0.15, -0.1) is 0 Å². The minimum absolute atomic E-state index is 0.0404. The molecule has 2 aromatic carbocycles. The normalized spacial score (nSPS) is 15.5. The molecule has 2 aromatic rings. The lowest BCUT2D eigenvalue weighted by Crippen LogP contribution is -2.49. The van der Waals surface area contributed by atoms with Crippen molar-refractivity contribution in [1.29, 1.82) is 0 Å². The van der Waals surface area contributed by atoms with Crippen molar-refractivity contribution in [3.8, 4) is 0 Å². The van der Waals surface area contributed by atoms with Gasteiger partial charge in [0.05, 0.1) is 5.56 Å². The number of nitrogens with one attached hydrogen (secondary N) is 1. The lowest BCUT2D eigenvalue weighted by molar-refractivity contribution is -0.137. The minimum Gasteiger partial charge on any atom is -0.368 e. The molecule has 1 fully saturated rings. The molecular formula is C27H34Cl2F3N3O. The number of rotatable bonds is 9. The average Bonchev–Trinajstić information content (AvgIpc) is 2.82. The summed E-state index contributed by atoms with van der Waals surface area (Å²) in [5.74, 6) is 0.360. The van der Waals surface area contributed by atoms with Gasteiger partial charge < -0.3 is 15.1 Å². The zero-order chi connectivity index (χ0) is 26.5. The Morgan fingerprint density at radius 1 is 1.06 bits per heavy atom. The summed E-state index contributed by atoms with van der Waals surface area (Å²) in [6, 6.07) is 9.11. The van der Waals surface area contributed by atoms with E-state index in [0.29, 0.717) is 67.1 Å². The minimum atomic E-state index is -4.40. The highest BCUT2D eigenvalue weighted by molar-refractivity contribution is 6.35. The highest BCUT2D eigenvalue weighted by Crippen LogP contribution is 2.37. The molecular weight excluding hydrogens is 510 g/mol. The van der Waals surface area contributed by atoms with Gasteiger partial charge in [-0.05, 0) is 66.8 Å². The molecule has 1 unspecified atom stereocenters. The van der Waals surface area contributed by atoms with Gasteiger partial charge in [0.2, 0.25) is 5.91 Å². The summed E-state index contributed by atoms with van der Waals surface area (Å²) in [4.78, 5) is 16.7. The zero-order valence-corrected chi connectivity index (χ0v) is 22.5. The van der Waals surface area contributed by atoms with Crippen LogP contribution in [-0.2, 0) is 17.4 Å². The van der Waals surface area contributed by atoms with Gasteiger partial charge >= 0.3 is 6.18 Å². The van der Waals surface area contributed by atoms with Crippen molar-refractivity contribution in [3.05, 3.63) is 63.1 Å². The number of nitrogens with zero attached hydrogens (tertiary/aromatic N) is 2. The molecule has 198 valence electrons. The Labute approximate surface area is 221 Å². The maximum Gasteiger partial charge on any atom is 0.416 e. The highest BCUT2D eigenvalue weighted by Gasteiger charge is 2.33. The van der Waals surface area contributed by atoms with Crippen LogP contribution in [0.25, 0.3) is 0 Å². The van der Waals surface area contributed by atoms with Gasteiger partial charge in [0, 0.05) is 54.4 Å². The quantitative estimate of drug-likeness (QED) is 0.370. The second-order valence-electron chi connectivity index (χ2n) is 9.61. The molecule has 0 spiro atoms. The fourth-order valence-corrected chi connectivity index (χ4v) is 5.16. The van der Waals surface area contributed by atoms with E-state index in [-0.39, 0.29) is 11.9 Å². The summed E-state index contributed by atoms with van der Waals surface area (Å²) >= 11 is 12.2. The van der Waals surface area contributed by atoms with Gasteiger partial charge in [0.1, 0.15) is 0 Å². The predicted octanol–water partition coefficient (Wildman–Crippen LogP) is 6.99. The first-order chi connectivity index (χ1) is 17.0. The number of halogens is 5. The molecule has 0 bridgehead atoms. The molecule has 9 heteroatoms. The smallest absolute Gasteiger partial charge is 0.368 e. The molecule has 0 aliphatic carbocycles. The van der Waals surface area contributed by atoms with Crippen molar-refractivity contribution in [2.24, 2.45) is 5.92 Å². The Morgan fingerprint density at radius 3 is 2.33 bits per heavy atom. The topological polar surface area (TPSA) is 35.6 Å². The summed E-state index contributed by atoms with van der Waals surface area (Å²) in [5.41, 5.74) is 1.71. The van der Waals surface area contributed by atoms with Crippen LogP contribution in [0.3, 0.4) is 0 Å². The van der Waals surface area contributed by atoms with Crippen molar-refractivity contribution >= 4 is 34.8 Å². The molecule has 1 atom stereocenters. The third-order valence-corrected chi connectivity index (χ3v) is 7.07. The van der Waals surface area contributed by atoms with E-state index in [0.717, 1.165) is 23.7 Å². The first-order valence-electron chi connectivity index (χ1n) is 12.4. The van der Waals surface area contributed by atoms with Crippen molar-refractivity contribution in [1.82, 2.24) is 10.2 Å². The van der Waals surface area contributed by atoms with Gasteiger partial charge in [-0.1, -0.05) is 50.0 Å². The van der Waals surface area contributed by atoms with Crippen LogP contribution in [0.15, 0.2) is 36.4 Å². The predicted molar refractivity (Wildman–Crippen MR) is 141 cm³/mol. The van der Waals surface area contributed by atoms with Crippen molar-refractivity contribution < 1.29 is 18.0 Å². The second-order valence-corrected chi connectivity index (χ2v) is 10.5. The summed E-state index contributed by atoms with van der Waals surface area (Å²) in [7, 11) is 0. The number of hydrogen-bond acceptors (Lipinski definition) is 3. The molecule has 1 heterocycles. The van der Waals surface area contributed by atoms with E-state index in [9.17, 15) is 18.0 Å². The fraction of sp³-hybridized carbons (Fsp3) is 0.519. The van der Waals surface area contributed by atoms with Crippen LogP contribution in [0.2, 0.25) is 10.0 Å². The van der Waals surface area contributed by atoms with Gasteiger partial charge in [0.15, 0.2) is 0 Å². The van der Waals surface area contributed by atoms with Crippen LogP contribution in [0.4, 0.5) is 18.9 Å². The van der Waals surface area contributed by atoms with E-state index >= 15 is 0 Å². The molecule has 1 N–H and O–H groups in total.